The van der Waals surface area contributed by atoms with Gasteiger partial charge in [-0.25, -0.2) is 0 Å². The number of methoxy groups -OCH3 is 1. The molecular formula is C16H23ClN2O3. The zero-order chi connectivity index (χ0) is 16.5. The Morgan fingerprint density at radius 3 is 2.64 bits per heavy atom. The maximum atomic E-state index is 12.1. The standard InChI is InChI=1S/C16H23ClN2O3/c1-4-5-6-9-19(12(2)20)11-16(21)18-14-10-13(17)7-8-15(14)22-3/h7-8,10H,4-6,9,11H2,1-3H3,(H,18,21). The van der Waals surface area contributed by atoms with Crippen molar-refractivity contribution < 1.29 is 14.3 Å². The van der Waals surface area contributed by atoms with E-state index in [1.807, 2.05) is 0 Å². The van der Waals surface area contributed by atoms with E-state index in [2.05, 4.69) is 12.2 Å². The van der Waals surface area contributed by atoms with E-state index in [0.29, 0.717) is 23.0 Å². The van der Waals surface area contributed by atoms with Gasteiger partial charge in [0, 0.05) is 18.5 Å². The van der Waals surface area contributed by atoms with Gasteiger partial charge in [0.2, 0.25) is 11.8 Å². The molecule has 122 valence electrons. The van der Waals surface area contributed by atoms with Gasteiger partial charge in [0.05, 0.1) is 19.3 Å². The van der Waals surface area contributed by atoms with Gasteiger partial charge in [-0.2, -0.15) is 0 Å². The van der Waals surface area contributed by atoms with Crippen LogP contribution in [0.5, 0.6) is 5.75 Å². The summed E-state index contributed by atoms with van der Waals surface area (Å²) in [5.41, 5.74) is 0.497. The lowest BCUT2D eigenvalue weighted by Crippen LogP contribution is -2.37. The molecule has 0 unspecified atom stereocenters. The van der Waals surface area contributed by atoms with Crippen molar-refractivity contribution in [2.24, 2.45) is 0 Å². The van der Waals surface area contributed by atoms with Crippen LogP contribution in [-0.4, -0.2) is 36.9 Å². The Morgan fingerprint density at radius 2 is 2.05 bits per heavy atom. The largest absolute Gasteiger partial charge is 0.495 e. The number of hydrogen-bond acceptors (Lipinski definition) is 3. The van der Waals surface area contributed by atoms with Gasteiger partial charge in [0.1, 0.15) is 5.75 Å². The summed E-state index contributed by atoms with van der Waals surface area (Å²) in [6.07, 6.45) is 3.00. The van der Waals surface area contributed by atoms with Gasteiger partial charge in [0.25, 0.3) is 0 Å². The van der Waals surface area contributed by atoms with E-state index in [0.717, 1.165) is 19.3 Å². The highest BCUT2D eigenvalue weighted by atomic mass is 35.5. The van der Waals surface area contributed by atoms with Crippen LogP contribution in [0.4, 0.5) is 5.69 Å². The molecule has 0 spiro atoms. The van der Waals surface area contributed by atoms with Crippen molar-refractivity contribution in [1.82, 2.24) is 4.90 Å². The molecule has 6 heteroatoms. The van der Waals surface area contributed by atoms with Crippen LogP contribution in [0.3, 0.4) is 0 Å². The fraction of sp³-hybridized carbons (Fsp3) is 0.500. The zero-order valence-corrected chi connectivity index (χ0v) is 14.1. The van der Waals surface area contributed by atoms with Crippen LogP contribution in [0.25, 0.3) is 0 Å². The van der Waals surface area contributed by atoms with E-state index in [1.54, 1.807) is 23.1 Å². The minimum Gasteiger partial charge on any atom is -0.495 e. The molecule has 0 aromatic heterocycles. The first-order chi connectivity index (χ1) is 10.5. The third-order valence-electron chi connectivity index (χ3n) is 3.25. The number of nitrogens with zero attached hydrogens (tertiary/aromatic N) is 1. The summed E-state index contributed by atoms with van der Waals surface area (Å²) in [6, 6.07) is 4.98. The summed E-state index contributed by atoms with van der Waals surface area (Å²) in [6.45, 7) is 4.17. The predicted octanol–water partition coefficient (Wildman–Crippen LogP) is 3.33. The van der Waals surface area contributed by atoms with Crippen molar-refractivity contribution >= 4 is 29.1 Å². The Morgan fingerprint density at radius 1 is 1.32 bits per heavy atom. The van der Waals surface area contributed by atoms with Gasteiger partial charge in [-0.15, -0.1) is 0 Å². The molecule has 0 radical (unpaired) electrons. The Kier molecular flexibility index (Phi) is 7.74. The van der Waals surface area contributed by atoms with Gasteiger partial charge in [-0.05, 0) is 24.6 Å². The molecule has 22 heavy (non-hydrogen) atoms. The first kappa shape index (κ1) is 18.3. The molecule has 1 aromatic rings. The quantitative estimate of drug-likeness (QED) is 0.745. The molecule has 1 N–H and O–H groups in total. The number of carbonyl (C=O) groups excluding carboxylic acids is 2. The zero-order valence-electron chi connectivity index (χ0n) is 13.3. The van der Waals surface area contributed by atoms with Gasteiger partial charge < -0.3 is 15.0 Å². The summed E-state index contributed by atoms with van der Waals surface area (Å²) < 4.78 is 5.18. The SMILES string of the molecule is CCCCCN(CC(=O)Nc1cc(Cl)ccc1OC)C(C)=O. The number of anilines is 1. The normalized spacial score (nSPS) is 10.2. The van der Waals surface area contributed by atoms with E-state index in [9.17, 15) is 9.59 Å². The Balaban J connectivity index is 2.67. The smallest absolute Gasteiger partial charge is 0.244 e. The van der Waals surface area contributed by atoms with Crippen molar-refractivity contribution in [3.8, 4) is 5.75 Å². The second-order valence-electron chi connectivity index (χ2n) is 5.04. The first-order valence-corrected chi connectivity index (χ1v) is 7.74. The number of ether oxygens (including phenoxy) is 1. The third kappa shape index (κ3) is 5.93. The van der Waals surface area contributed by atoms with Gasteiger partial charge in [-0.1, -0.05) is 31.4 Å². The lowest BCUT2D eigenvalue weighted by Gasteiger charge is -2.20. The van der Waals surface area contributed by atoms with E-state index >= 15 is 0 Å². The molecular weight excluding hydrogens is 304 g/mol. The molecule has 0 aliphatic carbocycles. The number of benzene rings is 1. The molecule has 0 saturated heterocycles. The minimum absolute atomic E-state index is 0.0225. The predicted molar refractivity (Wildman–Crippen MR) is 88.4 cm³/mol. The summed E-state index contributed by atoms with van der Waals surface area (Å²) in [4.78, 5) is 25.3. The van der Waals surface area contributed by atoms with Crippen molar-refractivity contribution in [3.05, 3.63) is 23.2 Å². The number of unbranched alkanes of at least 4 members (excludes halogenated alkanes) is 2. The number of amides is 2. The van der Waals surface area contributed by atoms with Crippen LogP contribution in [-0.2, 0) is 9.59 Å². The van der Waals surface area contributed by atoms with Crippen molar-refractivity contribution in [1.29, 1.82) is 0 Å². The Labute approximate surface area is 136 Å². The molecule has 0 aliphatic rings. The van der Waals surface area contributed by atoms with Crippen LogP contribution in [0.2, 0.25) is 5.02 Å². The number of halogens is 1. The third-order valence-corrected chi connectivity index (χ3v) is 3.48. The van der Waals surface area contributed by atoms with Gasteiger partial charge in [0.15, 0.2) is 0 Å². The van der Waals surface area contributed by atoms with E-state index in [-0.39, 0.29) is 18.4 Å². The fourth-order valence-corrected chi connectivity index (χ4v) is 2.21. The fourth-order valence-electron chi connectivity index (χ4n) is 2.04. The van der Waals surface area contributed by atoms with E-state index in [1.165, 1.54) is 14.0 Å². The highest BCUT2D eigenvalue weighted by molar-refractivity contribution is 6.31. The molecule has 5 nitrogen and oxygen atoms in total. The van der Waals surface area contributed by atoms with Crippen molar-refractivity contribution in [2.75, 3.05) is 25.5 Å². The average Bonchev–Trinajstić information content (AvgIpc) is 2.46. The molecule has 0 saturated carbocycles. The molecule has 0 fully saturated rings. The summed E-state index contributed by atoms with van der Waals surface area (Å²) in [5.74, 6) is 0.148. The van der Waals surface area contributed by atoms with Gasteiger partial charge in [-0.3, -0.25) is 9.59 Å². The topological polar surface area (TPSA) is 58.6 Å². The highest BCUT2D eigenvalue weighted by Gasteiger charge is 2.15. The number of rotatable bonds is 8. The van der Waals surface area contributed by atoms with Crippen LogP contribution >= 0.6 is 11.6 Å². The second kappa shape index (κ2) is 9.30. The second-order valence-corrected chi connectivity index (χ2v) is 5.48. The number of carbonyl (C=O) groups is 2. The number of hydrogen-bond donors (Lipinski definition) is 1. The monoisotopic (exact) mass is 326 g/mol. The molecule has 1 aromatic carbocycles. The molecule has 1 rings (SSSR count). The minimum atomic E-state index is -0.271. The van der Waals surface area contributed by atoms with E-state index < -0.39 is 0 Å². The molecule has 0 bridgehead atoms. The lowest BCUT2D eigenvalue weighted by molar-refractivity contribution is -0.132. The lowest BCUT2D eigenvalue weighted by atomic mass is 10.2. The van der Waals surface area contributed by atoms with Crippen molar-refractivity contribution in [2.45, 2.75) is 33.1 Å². The molecule has 0 atom stereocenters. The van der Waals surface area contributed by atoms with Crippen LogP contribution in [0.1, 0.15) is 33.1 Å². The summed E-state index contributed by atoms with van der Waals surface area (Å²) >= 11 is 5.93. The van der Waals surface area contributed by atoms with E-state index in [4.69, 9.17) is 16.3 Å². The molecule has 0 aliphatic heterocycles. The maximum absolute atomic E-state index is 12.1. The summed E-state index contributed by atoms with van der Waals surface area (Å²) in [5, 5.41) is 3.24. The van der Waals surface area contributed by atoms with Crippen molar-refractivity contribution in [3.63, 3.8) is 0 Å². The van der Waals surface area contributed by atoms with Gasteiger partial charge >= 0.3 is 0 Å². The molecule has 0 heterocycles. The van der Waals surface area contributed by atoms with Crippen LogP contribution in [0, 0.1) is 0 Å². The molecule has 2 amide bonds. The maximum Gasteiger partial charge on any atom is 0.244 e. The van der Waals surface area contributed by atoms with Crippen LogP contribution in [0.15, 0.2) is 18.2 Å². The highest BCUT2D eigenvalue weighted by Crippen LogP contribution is 2.27. The number of nitrogens with one attached hydrogen (secondary N) is 1. The van der Waals surface area contributed by atoms with Crippen LogP contribution < -0.4 is 10.1 Å². The Hall–Kier alpha value is -1.75. The average molecular weight is 327 g/mol. The summed E-state index contributed by atoms with van der Waals surface area (Å²) in [7, 11) is 1.52. The first-order valence-electron chi connectivity index (χ1n) is 7.36. The Bertz CT molecular complexity index is 520.